The molecule has 2 unspecified atom stereocenters. The van der Waals surface area contributed by atoms with Crippen LogP contribution in [0.3, 0.4) is 0 Å². The summed E-state index contributed by atoms with van der Waals surface area (Å²) in [6.45, 7) is 5.02. The molecule has 0 aromatic heterocycles. The van der Waals surface area contributed by atoms with Crippen molar-refractivity contribution in [3.8, 4) is 0 Å². The number of amides is 1. The van der Waals surface area contributed by atoms with Gasteiger partial charge in [-0.2, -0.15) is 0 Å². The SMILES string of the molecule is CC(CC(=O)O)CC(=O)NC1(C)CCCOC1. The van der Waals surface area contributed by atoms with Crippen molar-refractivity contribution in [2.45, 2.75) is 45.1 Å². The highest BCUT2D eigenvalue weighted by molar-refractivity contribution is 5.78. The van der Waals surface area contributed by atoms with Gasteiger partial charge in [-0.15, -0.1) is 0 Å². The van der Waals surface area contributed by atoms with Crippen LogP contribution in [0.25, 0.3) is 0 Å². The molecule has 1 heterocycles. The first kappa shape index (κ1) is 14.0. The van der Waals surface area contributed by atoms with E-state index in [4.69, 9.17) is 9.84 Å². The van der Waals surface area contributed by atoms with E-state index in [1.165, 1.54) is 0 Å². The summed E-state index contributed by atoms with van der Waals surface area (Å²) >= 11 is 0. The van der Waals surface area contributed by atoms with E-state index in [1.54, 1.807) is 6.92 Å². The summed E-state index contributed by atoms with van der Waals surface area (Å²) in [6, 6.07) is 0. The molecule has 1 amide bonds. The van der Waals surface area contributed by atoms with E-state index in [0.29, 0.717) is 6.61 Å². The Morgan fingerprint density at radius 1 is 1.47 bits per heavy atom. The topological polar surface area (TPSA) is 75.6 Å². The minimum Gasteiger partial charge on any atom is -0.481 e. The number of carboxylic acid groups (broad SMARTS) is 1. The molecular formula is C12H21NO4. The average Bonchev–Trinajstić information content (AvgIpc) is 2.15. The lowest BCUT2D eigenvalue weighted by atomic mass is 9.94. The molecule has 17 heavy (non-hydrogen) atoms. The Balaban J connectivity index is 2.35. The van der Waals surface area contributed by atoms with Crippen molar-refractivity contribution in [2.24, 2.45) is 5.92 Å². The van der Waals surface area contributed by atoms with Crippen LogP contribution in [0.15, 0.2) is 0 Å². The molecule has 5 nitrogen and oxygen atoms in total. The molecule has 0 radical (unpaired) electrons. The molecule has 0 saturated carbocycles. The number of hydrogen-bond acceptors (Lipinski definition) is 3. The number of hydrogen-bond donors (Lipinski definition) is 2. The van der Waals surface area contributed by atoms with Gasteiger partial charge in [0.2, 0.25) is 5.91 Å². The maximum absolute atomic E-state index is 11.7. The van der Waals surface area contributed by atoms with E-state index in [-0.39, 0.29) is 30.2 Å². The van der Waals surface area contributed by atoms with Crippen molar-refractivity contribution in [3.63, 3.8) is 0 Å². The van der Waals surface area contributed by atoms with Gasteiger partial charge in [0, 0.05) is 19.4 Å². The molecule has 1 fully saturated rings. The molecule has 0 aromatic rings. The maximum atomic E-state index is 11.7. The Morgan fingerprint density at radius 3 is 2.71 bits per heavy atom. The van der Waals surface area contributed by atoms with Crippen LogP contribution < -0.4 is 5.32 Å². The Hall–Kier alpha value is -1.10. The van der Waals surface area contributed by atoms with Crippen LogP contribution in [-0.4, -0.2) is 35.7 Å². The Bertz CT molecular complexity index is 284. The van der Waals surface area contributed by atoms with Gasteiger partial charge in [0.15, 0.2) is 0 Å². The smallest absolute Gasteiger partial charge is 0.303 e. The third-order valence-corrected chi connectivity index (χ3v) is 2.94. The molecule has 0 aromatic carbocycles. The fourth-order valence-electron chi connectivity index (χ4n) is 2.11. The van der Waals surface area contributed by atoms with Gasteiger partial charge in [-0.1, -0.05) is 6.92 Å². The number of carbonyl (C=O) groups excluding carboxylic acids is 1. The van der Waals surface area contributed by atoms with Gasteiger partial charge < -0.3 is 15.2 Å². The molecule has 5 heteroatoms. The van der Waals surface area contributed by atoms with E-state index in [9.17, 15) is 9.59 Å². The number of carboxylic acids is 1. The molecule has 0 bridgehead atoms. The van der Waals surface area contributed by atoms with Crippen LogP contribution in [0.2, 0.25) is 0 Å². The van der Waals surface area contributed by atoms with Gasteiger partial charge in [-0.25, -0.2) is 0 Å². The lowest BCUT2D eigenvalue weighted by Gasteiger charge is -2.34. The molecule has 98 valence electrons. The monoisotopic (exact) mass is 243 g/mol. The number of aliphatic carboxylic acids is 1. The van der Waals surface area contributed by atoms with E-state index in [2.05, 4.69) is 5.32 Å². The van der Waals surface area contributed by atoms with Crippen LogP contribution in [0.5, 0.6) is 0 Å². The predicted molar refractivity (Wildman–Crippen MR) is 62.6 cm³/mol. The van der Waals surface area contributed by atoms with Crippen LogP contribution >= 0.6 is 0 Å². The maximum Gasteiger partial charge on any atom is 0.303 e. The second-order valence-electron chi connectivity index (χ2n) is 5.17. The highest BCUT2D eigenvalue weighted by Gasteiger charge is 2.29. The Morgan fingerprint density at radius 2 is 2.18 bits per heavy atom. The molecule has 1 aliphatic rings. The molecule has 1 aliphatic heterocycles. The van der Waals surface area contributed by atoms with Crippen LogP contribution in [-0.2, 0) is 14.3 Å². The second-order valence-corrected chi connectivity index (χ2v) is 5.17. The minimum absolute atomic E-state index is 0.0284. The molecule has 1 saturated heterocycles. The van der Waals surface area contributed by atoms with Crippen molar-refractivity contribution >= 4 is 11.9 Å². The van der Waals surface area contributed by atoms with Gasteiger partial charge >= 0.3 is 5.97 Å². The fraction of sp³-hybridized carbons (Fsp3) is 0.833. The molecule has 0 spiro atoms. The molecule has 0 aliphatic carbocycles. The quantitative estimate of drug-likeness (QED) is 0.760. The van der Waals surface area contributed by atoms with Crippen LogP contribution in [0.1, 0.15) is 39.5 Å². The number of rotatable bonds is 5. The van der Waals surface area contributed by atoms with E-state index in [1.807, 2.05) is 6.92 Å². The second kappa shape index (κ2) is 6.00. The highest BCUT2D eigenvalue weighted by atomic mass is 16.5. The lowest BCUT2D eigenvalue weighted by molar-refractivity contribution is -0.138. The van der Waals surface area contributed by atoms with Gasteiger partial charge in [0.25, 0.3) is 0 Å². The number of carbonyl (C=O) groups is 2. The largest absolute Gasteiger partial charge is 0.481 e. The highest BCUT2D eigenvalue weighted by Crippen LogP contribution is 2.19. The van der Waals surface area contributed by atoms with Crippen molar-refractivity contribution in [2.75, 3.05) is 13.2 Å². The van der Waals surface area contributed by atoms with E-state index in [0.717, 1.165) is 19.4 Å². The summed E-state index contributed by atoms with van der Waals surface area (Å²) < 4.78 is 5.35. The van der Waals surface area contributed by atoms with Crippen molar-refractivity contribution in [1.29, 1.82) is 0 Å². The third-order valence-electron chi connectivity index (χ3n) is 2.94. The first-order valence-corrected chi connectivity index (χ1v) is 6.02. The van der Waals surface area contributed by atoms with Gasteiger partial charge in [0.1, 0.15) is 0 Å². The minimum atomic E-state index is -0.863. The Labute approximate surface area is 102 Å². The fourth-order valence-corrected chi connectivity index (χ4v) is 2.11. The summed E-state index contributed by atoms with van der Waals surface area (Å²) in [5.41, 5.74) is -0.293. The predicted octanol–water partition coefficient (Wildman–Crippen LogP) is 1.17. The lowest BCUT2D eigenvalue weighted by Crippen LogP contribution is -2.51. The molecular weight excluding hydrogens is 222 g/mol. The normalized spacial score (nSPS) is 26.2. The first-order valence-electron chi connectivity index (χ1n) is 6.02. The summed E-state index contributed by atoms with van der Waals surface area (Å²) in [6.07, 6.45) is 2.13. The third kappa shape index (κ3) is 5.17. The van der Waals surface area contributed by atoms with Crippen LogP contribution in [0.4, 0.5) is 0 Å². The van der Waals surface area contributed by atoms with Crippen molar-refractivity contribution < 1.29 is 19.4 Å². The first-order chi connectivity index (χ1) is 7.91. The summed E-state index contributed by atoms with van der Waals surface area (Å²) in [5.74, 6) is -1.09. The molecule has 2 atom stereocenters. The van der Waals surface area contributed by atoms with Crippen molar-refractivity contribution in [1.82, 2.24) is 5.32 Å². The standard InChI is InChI=1S/C12H21NO4/c1-9(7-11(15)16)6-10(14)13-12(2)4-3-5-17-8-12/h9H,3-8H2,1-2H3,(H,13,14)(H,15,16). The zero-order chi connectivity index (χ0) is 12.9. The summed E-state index contributed by atoms with van der Waals surface area (Å²) in [4.78, 5) is 22.2. The van der Waals surface area contributed by atoms with Gasteiger partial charge in [-0.3, -0.25) is 9.59 Å². The van der Waals surface area contributed by atoms with Gasteiger partial charge in [0.05, 0.1) is 12.1 Å². The summed E-state index contributed by atoms with van der Waals surface area (Å²) in [7, 11) is 0. The average molecular weight is 243 g/mol. The number of ether oxygens (including phenoxy) is 1. The molecule has 1 rings (SSSR count). The number of nitrogens with one attached hydrogen (secondary N) is 1. The van der Waals surface area contributed by atoms with Crippen LogP contribution in [0, 0.1) is 5.92 Å². The molecule has 2 N–H and O–H groups in total. The van der Waals surface area contributed by atoms with Crippen molar-refractivity contribution in [3.05, 3.63) is 0 Å². The van der Waals surface area contributed by atoms with E-state index < -0.39 is 5.97 Å². The van der Waals surface area contributed by atoms with Gasteiger partial charge in [-0.05, 0) is 25.7 Å². The zero-order valence-electron chi connectivity index (χ0n) is 10.5. The van der Waals surface area contributed by atoms with E-state index >= 15 is 0 Å². The summed E-state index contributed by atoms with van der Waals surface area (Å²) in [5, 5.41) is 11.6. The Kier molecular flexibility index (Phi) is 4.93. The zero-order valence-corrected chi connectivity index (χ0v) is 10.5.